The maximum Gasteiger partial charge on any atom is 0.320 e. The maximum absolute atomic E-state index is 12.1. The molecule has 1 aromatic carbocycles. The molecule has 0 amide bonds. The normalized spacial score (nSPS) is 11.3. The van der Waals surface area contributed by atoms with Crippen LogP contribution in [0.5, 0.6) is 0 Å². The molecule has 0 fully saturated rings. The number of rotatable bonds is 7. The fraction of sp³-hybridized carbons (Fsp3) is 0.500. The van der Waals surface area contributed by atoms with Crippen LogP contribution in [0.3, 0.4) is 0 Å². The molecule has 4 nitrogen and oxygen atoms in total. The summed E-state index contributed by atoms with van der Waals surface area (Å²) in [6.45, 7) is 8.30. The van der Waals surface area contributed by atoms with E-state index in [4.69, 9.17) is 9.47 Å². The first-order valence-corrected chi connectivity index (χ1v) is 10.5. The maximum atomic E-state index is 12.1. The number of hydrogen-bond acceptors (Lipinski definition) is 4. The zero-order chi connectivity index (χ0) is 15.9. The molecule has 0 aliphatic heterocycles. The van der Waals surface area contributed by atoms with E-state index in [1.54, 1.807) is 13.8 Å². The average Bonchev–Trinajstić information content (AvgIpc) is 2.46. The number of carbonyl (C=O) groups excluding carboxylic acids is 2. The fourth-order valence-corrected chi connectivity index (χ4v) is 4.95. The summed E-state index contributed by atoms with van der Waals surface area (Å²) < 4.78 is 10.1. The Kier molecular flexibility index (Phi) is 6.62. The highest BCUT2D eigenvalue weighted by Gasteiger charge is 2.37. The first-order valence-electron chi connectivity index (χ1n) is 7.31. The highest BCUT2D eigenvalue weighted by molar-refractivity contribution is 6.90. The summed E-state index contributed by atoms with van der Waals surface area (Å²) >= 11 is 0. The van der Waals surface area contributed by atoms with Crippen LogP contribution in [0.2, 0.25) is 19.1 Å². The van der Waals surface area contributed by atoms with Gasteiger partial charge in [-0.1, -0.05) is 48.6 Å². The lowest BCUT2D eigenvalue weighted by Crippen LogP contribution is -2.46. The zero-order valence-corrected chi connectivity index (χ0v) is 14.2. The van der Waals surface area contributed by atoms with Crippen molar-refractivity contribution in [2.75, 3.05) is 13.2 Å². The predicted octanol–water partition coefficient (Wildman–Crippen LogP) is 2.34. The van der Waals surface area contributed by atoms with Crippen LogP contribution in [0.25, 0.3) is 0 Å². The third-order valence-corrected chi connectivity index (χ3v) is 6.74. The number of carbonyl (C=O) groups is 2. The highest BCUT2D eigenvalue weighted by atomic mass is 28.3. The summed E-state index contributed by atoms with van der Waals surface area (Å²) in [5.41, 5.74) is 0. The summed E-state index contributed by atoms with van der Waals surface area (Å²) in [5, 5.41) is 1.21. The summed E-state index contributed by atoms with van der Waals surface area (Å²) in [4.78, 5) is 24.1. The average molecular weight is 308 g/mol. The molecule has 0 aliphatic rings. The van der Waals surface area contributed by atoms with Crippen LogP contribution in [0.4, 0.5) is 0 Å². The van der Waals surface area contributed by atoms with E-state index < -0.39 is 25.9 Å². The molecule has 0 spiro atoms. The van der Waals surface area contributed by atoms with E-state index in [1.807, 2.05) is 18.2 Å². The predicted molar refractivity (Wildman–Crippen MR) is 85.1 cm³/mol. The molecule has 0 bridgehead atoms. The minimum Gasteiger partial charge on any atom is -0.465 e. The summed E-state index contributed by atoms with van der Waals surface area (Å²) in [5.74, 6) is -1.79. The Hall–Kier alpha value is -1.62. The Bertz CT molecular complexity index is 452. The van der Waals surface area contributed by atoms with E-state index in [0.29, 0.717) is 6.04 Å². The van der Waals surface area contributed by atoms with Crippen molar-refractivity contribution in [1.29, 1.82) is 0 Å². The van der Waals surface area contributed by atoms with Gasteiger partial charge in [0.15, 0.2) is 5.92 Å². The van der Waals surface area contributed by atoms with Crippen LogP contribution in [0.15, 0.2) is 30.3 Å². The Labute approximate surface area is 127 Å². The van der Waals surface area contributed by atoms with Crippen molar-refractivity contribution in [3.8, 4) is 0 Å². The molecule has 116 valence electrons. The minimum absolute atomic E-state index is 0.266. The number of benzene rings is 1. The van der Waals surface area contributed by atoms with E-state index in [1.165, 1.54) is 5.19 Å². The smallest absolute Gasteiger partial charge is 0.320 e. The summed E-state index contributed by atoms with van der Waals surface area (Å²) in [6, 6.07) is 10.5. The monoisotopic (exact) mass is 308 g/mol. The van der Waals surface area contributed by atoms with E-state index in [2.05, 4.69) is 25.2 Å². The summed E-state index contributed by atoms with van der Waals surface area (Å²) in [6.07, 6.45) is 0. The number of esters is 2. The molecule has 0 N–H and O–H groups in total. The van der Waals surface area contributed by atoms with Gasteiger partial charge in [-0.2, -0.15) is 0 Å². The molecule has 0 aliphatic carbocycles. The molecule has 0 heterocycles. The Morgan fingerprint density at radius 1 is 1.00 bits per heavy atom. The van der Waals surface area contributed by atoms with Gasteiger partial charge in [0.25, 0.3) is 0 Å². The molecule has 0 saturated heterocycles. The van der Waals surface area contributed by atoms with E-state index in [9.17, 15) is 9.59 Å². The van der Waals surface area contributed by atoms with Gasteiger partial charge in [0.2, 0.25) is 0 Å². The Morgan fingerprint density at radius 2 is 1.48 bits per heavy atom. The quantitative estimate of drug-likeness (QED) is 0.441. The molecule has 0 atom stereocenters. The number of hydrogen-bond donors (Lipinski definition) is 0. The van der Waals surface area contributed by atoms with Gasteiger partial charge in [-0.15, -0.1) is 0 Å². The van der Waals surface area contributed by atoms with Crippen LogP contribution in [0, 0.1) is 5.92 Å². The van der Waals surface area contributed by atoms with Crippen LogP contribution < -0.4 is 5.19 Å². The highest BCUT2D eigenvalue weighted by Crippen LogP contribution is 2.20. The Balaban J connectivity index is 2.94. The van der Waals surface area contributed by atoms with Crippen molar-refractivity contribution in [3.63, 3.8) is 0 Å². The zero-order valence-electron chi connectivity index (χ0n) is 13.2. The largest absolute Gasteiger partial charge is 0.465 e. The van der Waals surface area contributed by atoms with Crippen molar-refractivity contribution in [2.24, 2.45) is 5.92 Å². The van der Waals surface area contributed by atoms with Gasteiger partial charge < -0.3 is 9.47 Å². The van der Waals surface area contributed by atoms with Crippen molar-refractivity contribution >= 4 is 25.2 Å². The first kappa shape index (κ1) is 17.4. The van der Waals surface area contributed by atoms with E-state index >= 15 is 0 Å². The Morgan fingerprint density at radius 3 is 1.90 bits per heavy atom. The van der Waals surface area contributed by atoms with Gasteiger partial charge in [0, 0.05) is 0 Å². The van der Waals surface area contributed by atoms with Crippen molar-refractivity contribution in [2.45, 2.75) is 33.0 Å². The van der Waals surface area contributed by atoms with Crippen LogP contribution in [-0.2, 0) is 19.1 Å². The SMILES string of the molecule is CCOC(=O)C(C[Si](C)(C)c1ccccc1)C(=O)OCC. The lowest BCUT2D eigenvalue weighted by Gasteiger charge is -2.26. The van der Waals surface area contributed by atoms with Crippen molar-refractivity contribution < 1.29 is 19.1 Å². The van der Waals surface area contributed by atoms with Gasteiger partial charge in [0.1, 0.15) is 0 Å². The molecular weight excluding hydrogens is 284 g/mol. The van der Waals surface area contributed by atoms with E-state index in [-0.39, 0.29) is 13.2 Å². The van der Waals surface area contributed by atoms with Crippen molar-refractivity contribution in [3.05, 3.63) is 30.3 Å². The molecule has 1 aromatic rings. The first-order chi connectivity index (χ1) is 9.92. The van der Waals surface area contributed by atoms with Gasteiger partial charge in [0.05, 0.1) is 21.3 Å². The van der Waals surface area contributed by atoms with E-state index in [0.717, 1.165) is 0 Å². The second kappa shape index (κ2) is 7.98. The third-order valence-electron chi connectivity index (χ3n) is 3.41. The molecule has 0 radical (unpaired) electrons. The van der Waals surface area contributed by atoms with Gasteiger partial charge in [-0.25, -0.2) is 0 Å². The third kappa shape index (κ3) is 5.01. The lowest BCUT2D eigenvalue weighted by molar-refractivity contribution is -0.160. The molecule has 0 saturated carbocycles. The molecule has 0 unspecified atom stereocenters. The molecule has 5 heteroatoms. The van der Waals surface area contributed by atoms with Gasteiger partial charge >= 0.3 is 11.9 Å². The summed E-state index contributed by atoms with van der Waals surface area (Å²) in [7, 11) is -1.93. The minimum atomic E-state index is -1.93. The lowest BCUT2D eigenvalue weighted by atomic mass is 10.2. The molecule has 21 heavy (non-hydrogen) atoms. The number of ether oxygens (including phenoxy) is 2. The molecule has 1 rings (SSSR count). The van der Waals surface area contributed by atoms with Gasteiger partial charge in [-0.3, -0.25) is 9.59 Å². The van der Waals surface area contributed by atoms with Gasteiger partial charge in [-0.05, 0) is 19.9 Å². The van der Waals surface area contributed by atoms with Crippen LogP contribution in [-0.4, -0.2) is 33.2 Å². The molecular formula is C16H24O4Si. The van der Waals surface area contributed by atoms with Crippen LogP contribution >= 0.6 is 0 Å². The van der Waals surface area contributed by atoms with Crippen molar-refractivity contribution in [1.82, 2.24) is 0 Å². The second-order valence-electron chi connectivity index (χ2n) is 5.51. The fourth-order valence-electron chi connectivity index (χ4n) is 2.27. The van der Waals surface area contributed by atoms with Crippen LogP contribution in [0.1, 0.15) is 13.8 Å². The standard InChI is InChI=1S/C16H24O4Si/c1-5-19-15(17)14(16(18)20-6-2)12-21(3,4)13-10-8-7-9-11-13/h7-11,14H,5-6,12H2,1-4H3. The molecule has 0 aromatic heterocycles. The topological polar surface area (TPSA) is 52.6 Å². The second-order valence-corrected chi connectivity index (χ2v) is 10.3.